The van der Waals surface area contributed by atoms with Crippen LogP contribution >= 0.6 is 11.6 Å². The number of hydrogen-bond acceptors (Lipinski definition) is 4. The average Bonchev–Trinajstić information content (AvgIpc) is 3.45. The minimum absolute atomic E-state index is 0.0353. The quantitative estimate of drug-likeness (QED) is 0.654. The predicted octanol–water partition coefficient (Wildman–Crippen LogP) is 3.92. The van der Waals surface area contributed by atoms with E-state index in [9.17, 15) is 14.4 Å². The van der Waals surface area contributed by atoms with Crippen LogP contribution in [-0.2, 0) is 26.3 Å². The molecule has 1 aliphatic carbocycles. The van der Waals surface area contributed by atoms with Crippen molar-refractivity contribution in [1.29, 1.82) is 0 Å². The van der Waals surface area contributed by atoms with Gasteiger partial charge in [0.2, 0.25) is 17.7 Å². The van der Waals surface area contributed by atoms with E-state index >= 15 is 0 Å². The van der Waals surface area contributed by atoms with E-state index in [1.165, 1.54) is 9.80 Å². The number of nitrogens with zero attached hydrogens (tertiary/aromatic N) is 2. The van der Waals surface area contributed by atoms with E-state index in [1.807, 2.05) is 0 Å². The van der Waals surface area contributed by atoms with Gasteiger partial charge in [-0.25, -0.2) is 0 Å². The Balaban J connectivity index is 1.67. The molecular weight excluding hydrogens is 404 g/mol. The maximum absolute atomic E-state index is 13.7. The molecule has 158 valence electrons. The normalized spacial score (nSPS) is 22.1. The fourth-order valence-electron chi connectivity index (χ4n) is 4.71. The van der Waals surface area contributed by atoms with Crippen LogP contribution in [0.5, 0.6) is 0 Å². The number of likely N-dealkylation sites (tertiary alicyclic amines) is 1. The number of rotatable bonds is 6. The SMILES string of the molecule is CN(Cc1ccco1)C(=O)CC1(c2ccccc2Cl)CC(=O)N(C2CCCC2)C1=O. The molecule has 30 heavy (non-hydrogen) atoms. The number of imide groups is 1. The zero-order chi connectivity index (χ0) is 21.3. The average molecular weight is 429 g/mol. The number of amides is 3. The van der Waals surface area contributed by atoms with E-state index in [-0.39, 0.29) is 36.6 Å². The van der Waals surface area contributed by atoms with Gasteiger partial charge in [0.25, 0.3) is 0 Å². The summed E-state index contributed by atoms with van der Waals surface area (Å²) in [4.78, 5) is 42.8. The van der Waals surface area contributed by atoms with Gasteiger partial charge in [0.15, 0.2) is 0 Å². The summed E-state index contributed by atoms with van der Waals surface area (Å²) in [6.45, 7) is 0.291. The van der Waals surface area contributed by atoms with Crippen LogP contribution in [-0.4, -0.2) is 40.6 Å². The number of furan rings is 1. The molecule has 1 saturated carbocycles. The molecule has 1 unspecified atom stereocenters. The Kier molecular flexibility index (Phi) is 5.69. The number of carbonyl (C=O) groups is 3. The van der Waals surface area contributed by atoms with Crippen molar-refractivity contribution in [3.05, 3.63) is 59.0 Å². The van der Waals surface area contributed by atoms with Gasteiger partial charge < -0.3 is 9.32 Å². The Morgan fingerprint density at radius 1 is 1.20 bits per heavy atom. The Bertz CT molecular complexity index is 952. The van der Waals surface area contributed by atoms with Crippen molar-refractivity contribution in [2.75, 3.05) is 7.05 Å². The smallest absolute Gasteiger partial charge is 0.241 e. The Morgan fingerprint density at radius 3 is 2.60 bits per heavy atom. The third-order valence-corrected chi connectivity index (χ3v) is 6.61. The lowest BCUT2D eigenvalue weighted by Gasteiger charge is -2.31. The summed E-state index contributed by atoms with van der Waals surface area (Å²) >= 11 is 6.47. The molecular formula is C23H25ClN2O4. The van der Waals surface area contributed by atoms with E-state index in [2.05, 4.69) is 0 Å². The third-order valence-electron chi connectivity index (χ3n) is 6.28. The molecule has 1 aromatic heterocycles. The monoisotopic (exact) mass is 428 g/mol. The molecule has 3 amide bonds. The second kappa shape index (κ2) is 8.26. The first-order valence-corrected chi connectivity index (χ1v) is 10.7. The van der Waals surface area contributed by atoms with Crippen LogP contribution in [0.2, 0.25) is 5.02 Å². The lowest BCUT2D eigenvalue weighted by molar-refractivity contribution is -0.144. The van der Waals surface area contributed by atoms with E-state index in [0.29, 0.717) is 22.9 Å². The molecule has 1 aromatic carbocycles. The zero-order valence-corrected chi connectivity index (χ0v) is 17.7. The molecule has 1 atom stereocenters. The summed E-state index contributed by atoms with van der Waals surface area (Å²) in [6, 6.07) is 10.5. The summed E-state index contributed by atoms with van der Waals surface area (Å²) in [7, 11) is 1.67. The van der Waals surface area contributed by atoms with Gasteiger partial charge in [-0.3, -0.25) is 19.3 Å². The number of hydrogen-bond donors (Lipinski definition) is 0. The lowest BCUT2D eigenvalue weighted by atomic mass is 9.75. The molecule has 0 bridgehead atoms. The first kappa shape index (κ1) is 20.7. The zero-order valence-electron chi connectivity index (χ0n) is 17.0. The molecule has 6 nitrogen and oxygen atoms in total. The second-order valence-corrected chi connectivity index (χ2v) is 8.66. The second-order valence-electron chi connectivity index (χ2n) is 8.25. The molecule has 4 rings (SSSR count). The first-order chi connectivity index (χ1) is 14.4. The van der Waals surface area contributed by atoms with Gasteiger partial charge >= 0.3 is 0 Å². The molecule has 7 heteroatoms. The van der Waals surface area contributed by atoms with Crippen LogP contribution in [0.4, 0.5) is 0 Å². The minimum atomic E-state index is -1.27. The molecule has 2 heterocycles. The molecule has 2 aliphatic rings. The van der Waals surface area contributed by atoms with Crippen LogP contribution in [0, 0.1) is 0 Å². The number of benzene rings is 1. The summed E-state index contributed by atoms with van der Waals surface area (Å²) in [5, 5.41) is 0.397. The van der Waals surface area contributed by atoms with Crippen LogP contribution < -0.4 is 0 Å². The van der Waals surface area contributed by atoms with Gasteiger partial charge in [0.05, 0.1) is 18.2 Å². The van der Waals surface area contributed by atoms with Gasteiger partial charge in [0, 0.05) is 31.0 Å². The molecule has 0 spiro atoms. The van der Waals surface area contributed by atoms with Gasteiger partial charge in [0.1, 0.15) is 5.76 Å². The topological polar surface area (TPSA) is 70.8 Å². The van der Waals surface area contributed by atoms with Crippen molar-refractivity contribution < 1.29 is 18.8 Å². The van der Waals surface area contributed by atoms with Crippen LogP contribution in [0.1, 0.15) is 49.8 Å². The van der Waals surface area contributed by atoms with Crippen molar-refractivity contribution in [3.63, 3.8) is 0 Å². The predicted molar refractivity (Wildman–Crippen MR) is 112 cm³/mol. The molecule has 1 saturated heterocycles. The Morgan fingerprint density at radius 2 is 1.93 bits per heavy atom. The standard InChI is InChI=1S/C23H25ClN2O4/c1-25(15-17-9-6-12-30-17)20(27)13-23(18-10-4-5-11-19(18)24)14-21(28)26(22(23)29)16-7-2-3-8-16/h4-6,9-12,16H,2-3,7-8,13-15H2,1H3. The summed E-state index contributed by atoms with van der Waals surface area (Å²) in [5.41, 5.74) is -0.725. The van der Waals surface area contributed by atoms with E-state index in [1.54, 1.807) is 49.7 Å². The van der Waals surface area contributed by atoms with Gasteiger partial charge in [-0.2, -0.15) is 0 Å². The van der Waals surface area contributed by atoms with E-state index in [4.69, 9.17) is 16.0 Å². The van der Waals surface area contributed by atoms with E-state index in [0.717, 1.165) is 25.7 Å². The third kappa shape index (κ3) is 3.65. The Hall–Kier alpha value is -2.60. The van der Waals surface area contributed by atoms with Crippen LogP contribution in [0.25, 0.3) is 0 Å². The molecule has 1 aliphatic heterocycles. The van der Waals surface area contributed by atoms with Gasteiger partial charge in [-0.15, -0.1) is 0 Å². The lowest BCUT2D eigenvalue weighted by Crippen LogP contribution is -2.45. The van der Waals surface area contributed by atoms with E-state index < -0.39 is 5.41 Å². The van der Waals surface area contributed by atoms with Gasteiger partial charge in [-0.1, -0.05) is 42.6 Å². The highest BCUT2D eigenvalue weighted by molar-refractivity contribution is 6.32. The molecule has 0 N–H and O–H groups in total. The largest absolute Gasteiger partial charge is 0.467 e. The number of carbonyl (C=O) groups excluding carboxylic acids is 3. The molecule has 0 radical (unpaired) electrons. The highest BCUT2D eigenvalue weighted by Crippen LogP contribution is 2.45. The first-order valence-electron chi connectivity index (χ1n) is 10.3. The highest BCUT2D eigenvalue weighted by atomic mass is 35.5. The van der Waals surface area contributed by atoms with Crippen LogP contribution in [0.3, 0.4) is 0 Å². The van der Waals surface area contributed by atoms with Crippen molar-refractivity contribution in [2.45, 2.75) is 56.5 Å². The van der Waals surface area contributed by atoms with Gasteiger partial charge in [-0.05, 0) is 36.6 Å². The van der Waals surface area contributed by atoms with Crippen molar-refractivity contribution in [1.82, 2.24) is 9.80 Å². The minimum Gasteiger partial charge on any atom is -0.467 e. The highest BCUT2D eigenvalue weighted by Gasteiger charge is 2.56. The van der Waals surface area contributed by atoms with Crippen molar-refractivity contribution in [3.8, 4) is 0 Å². The fourth-order valence-corrected chi connectivity index (χ4v) is 5.02. The Labute approximate surface area is 180 Å². The maximum Gasteiger partial charge on any atom is 0.241 e. The summed E-state index contributed by atoms with van der Waals surface area (Å²) in [6.07, 6.45) is 5.06. The molecule has 2 fully saturated rings. The fraction of sp³-hybridized carbons (Fsp3) is 0.435. The maximum atomic E-state index is 13.7. The summed E-state index contributed by atoms with van der Waals surface area (Å²) in [5.74, 6) is -0.0969. The van der Waals surface area contributed by atoms with Crippen molar-refractivity contribution in [2.24, 2.45) is 0 Å². The number of halogens is 1. The summed E-state index contributed by atoms with van der Waals surface area (Å²) < 4.78 is 5.33. The van der Waals surface area contributed by atoms with Crippen LogP contribution in [0.15, 0.2) is 47.1 Å². The molecule has 2 aromatic rings. The van der Waals surface area contributed by atoms with Crippen molar-refractivity contribution >= 4 is 29.3 Å².